The Labute approximate surface area is 124 Å². The van der Waals surface area contributed by atoms with Crippen LogP contribution >= 0.6 is 11.8 Å². The van der Waals surface area contributed by atoms with Gasteiger partial charge in [-0.15, -0.1) is 0 Å². The minimum atomic E-state index is 0.255. The van der Waals surface area contributed by atoms with Crippen LogP contribution in [0.15, 0.2) is 60.7 Å². The average molecular weight is 280 g/mol. The fourth-order valence-electron chi connectivity index (χ4n) is 2.55. The maximum atomic E-state index is 9.05. The number of hydrogen-bond acceptors (Lipinski definition) is 3. The topological polar surface area (TPSA) is 26.8 Å². The molecule has 1 unspecified atom stereocenters. The monoisotopic (exact) mass is 280 g/mol. The lowest BCUT2D eigenvalue weighted by Gasteiger charge is -2.13. The van der Waals surface area contributed by atoms with Gasteiger partial charge in [0.2, 0.25) is 0 Å². The molecule has 0 N–H and O–H groups in total. The van der Waals surface area contributed by atoms with Crippen LogP contribution in [0.4, 0.5) is 0 Å². The Balaban J connectivity index is 1.68. The first-order valence-electron chi connectivity index (χ1n) is 6.76. The second-order valence-corrected chi connectivity index (χ2v) is 5.95. The molecule has 100 valence electrons. The van der Waals surface area contributed by atoms with Gasteiger partial charge < -0.3 is 0 Å². The number of thioether (sulfide) groups is 1. The lowest BCUT2D eigenvalue weighted by molar-refractivity contribution is 0.497. The first-order valence-corrected chi connectivity index (χ1v) is 7.64. The van der Waals surface area contributed by atoms with Crippen LogP contribution in [0.3, 0.4) is 0 Å². The fourth-order valence-corrected chi connectivity index (χ4v) is 3.37. The SMILES string of the molecule is N#CS[C@@H](c1ccccc1)[C@H]1CN1Cc1ccccc1. The van der Waals surface area contributed by atoms with Crippen molar-refractivity contribution in [2.24, 2.45) is 0 Å². The predicted octanol–water partition coefficient (Wildman–Crippen LogP) is 3.83. The number of nitriles is 1. The Morgan fingerprint density at radius 1 is 1.10 bits per heavy atom. The molecule has 0 spiro atoms. The number of benzene rings is 2. The smallest absolute Gasteiger partial charge is 0.134 e. The molecule has 1 heterocycles. The molecular weight excluding hydrogens is 264 g/mol. The Morgan fingerprint density at radius 3 is 2.40 bits per heavy atom. The normalized spacial score (nSPS) is 21.9. The van der Waals surface area contributed by atoms with Crippen molar-refractivity contribution >= 4 is 11.8 Å². The molecule has 0 radical (unpaired) electrons. The van der Waals surface area contributed by atoms with Crippen LogP contribution in [0.5, 0.6) is 0 Å². The third-order valence-electron chi connectivity index (χ3n) is 3.64. The van der Waals surface area contributed by atoms with Gasteiger partial charge in [-0.3, -0.25) is 4.90 Å². The summed E-state index contributed by atoms with van der Waals surface area (Å²) in [6.07, 6.45) is 0. The third kappa shape index (κ3) is 3.04. The summed E-state index contributed by atoms with van der Waals surface area (Å²) in [5.41, 5.74) is 2.59. The van der Waals surface area contributed by atoms with Crippen molar-refractivity contribution in [3.63, 3.8) is 0 Å². The van der Waals surface area contributed by atoms with Gasteiger partial charge >= 0.3 is 0 Å². The van der Waals surface area contributed by atoms with Crippen LogP contribution in [-0.2, 0) is 6.54 Å². The highest BCUT2D eigenvalue weighted by Gasteiger charge is 2.41. The molecule has 0 amide bonds. The van der Waals surface area contributed by atoms with Crippen molar-refractivity contribution in [3.05, 3.63) is 71.8 Å². The Bertz CT molecular complexity index is 591. The summed E-state index contributed by atoms with van der Waals surface area (Å²) in [6.45, 7) is 2.05. The highest BCUT2D eigenvalue weighted by molar-refractivity contribution is 8.04. The van der Waals surface area contributed by atoms with Crippen molar-refractivity contribution in [3.8, 4) is 5.40 Å². The van der Waals surface area contributed by atoms with Gasteiger partial charge in [0, 0.05) is 19.1 Å². The molecular formula is C17H16N2S. The zero-order valence-corrected chi connectivity index (χ0v) is 12.0. The van der Waals surface area contributed by atoms with Gasteiger partial charge in [-0.1, -0.05) is 60.7 Å². The number of hydrogen-bond donors (Lipinski definition) is 0. The molecule has 1 aliphatic heterocycles. The minimum Gasteiger partial charge on any atom is -0.292 e. The lowest BCUT2D eigenvalue weighted by atomic mass is 10.1. The fraction of sp³-hybridized carbons (Fsp3) is 0.235. The van der Waals surface area contributed by atoms with Crippen LogP contribution in [0.25, 0.3) is 0 Å². The van der Waals surface area contributed by atoms with E-state index in [2.05, 4.69) is 46.7 Å². The number of nitrogens with zero attached hydrogens (tertiary/aromatic N) is 2. The predicted molar refractivity (Wildman–Crippen MR) is 83.0 cm³/mol. The van der Waals surface area contributed by atoms with Gasteiger partial charge in [0.25, 0.3) is 0 Å². The largest absolute Gasteiger partial charge is 0.292 e. The van der Waals surface area contributed by atoms with Crippen molar-refractivity contribution in [2.45, 2.75) is 17.8 Å². The minimum absolute atomic E-state index is 0.255. The number of thiocyanates is 1. The maximum Gasteiger partial charge on any atom is 0.134 e. The Morgan fingerprint density at radius 2 is 1.75 bits per heavy atom. The summed E-state index contributed by atoms with van der Waals surface area (Å²) in [5, 5.41) is 11.6. The maximum absolute atomic E-state index is 9.05. The van der Waals surface area contributed by atoms with Crippen molar-refractivity contribution in [2.75, 3.05) is 6.54 Å². The first kappa shape index (κ1) is 13.2. The van der Waals surface area contributed by atoms with Gasteiger partial charge in [0.05, 0.1) is 5.25 Å². The quantitative estimate of drug-likeness (QED) is 0.615. The molecule has 0 aliphatic carbocycles. The van der Waals surface area contributed by atoms with Crippen molar-refractivity contribution in [1.82, 2.24) is 4.90 Å². The molecule has 1 fully saturated rings. The van der Waals surface area contributed by atoms with Crippen LogP contribution in [0, 0.1) is 10.7 Å². The van der Waals surface area contributed by atoms with E-state index in [0.717, 1.165) is 13.1 Å². The molecule has 0 aromatic heterocycles. The zero-order chi connectivity index (χ0) is 13.8. The van der Waals surface area contributed by atoms with Crippen LogP contribution in [0.2, 0.25) is 0 Å². The van der Waals surface area contributed by atoms with E-state index in [0.29, 0.717) is 6.04 Å². The molecule has 1 aliphatic rings. The molecule has 0 bridgehead atoms. The summed E-state index contributed by atoms with van der Waals surface area (Å²) in [5.74, 6) is 0. The van der Waals surface area contributed by atoms with E-state index in [1.54, 1.807) is 0 Å². The van der Waals surface area contributed by atoms with Crippen molar-refractivity contribution < 1.29 is 0 Å². The summed E-state index contributed by atoms with van der Waals surface area (Å²) in [4.78, 5) is 2.43. The molecule has 1 saturated heterocycles. The molecule has 3 rings (SSSR count). The summed E-state index contributed by atoms with van der Waals surface area (Å²) in [7, 11) is 0. The third-order valence-corrected chi connectivity index (χ3v) is 4.59. The second-order valence-electron chi connectivity index (χ2n) is 5.02. The van der Waals surface area contributed by atoms with Gasteiger partial charge in [-0.2, -0.15) is 5.26 Å². The van der Waals surface area contributed by atoms with Gasteiger partial charge in [0.1, 0.15) is 5.40 Å². The molecule has 3 heteroatoms. The van der Waals surface area contributed by atoms with E-state index < -0.39 is 0 Å². The molecule has 2 nitrogen and oxygen atoms in total. The van der Waals surface area contributed by atoms with E-state index in [4.69, 9.17) is 5.26 Å². The molecule has 20 heavy (non-hydrogen) atoms. The average Bonchev–Trinajstić information content (AvgIpc) is 3.25. The second kappa shape index (κ2) is 6.13. The molecule has 2 aromatic rings. The lowest BCUT2D eigenvalue weighted by Crippen LogP contribution is -2.09. The molecule has 0 saturated carbocycles. The summed E-state index contributed by atoms with van der Waals surface area (Å²) >= 11 is 1.38. The first-order chi connectivity index (χ1) is 9.88. The van der Waals surface area contributed by atoms with Gasteiger partial charge in [-0.05, 0) is 22.9 Å². The summed E-state index contributed by atoms with van der Waals surface area (Å²) < 4.78 is 0. The Kier molecular flexibility index (Phi) is 4.05. The standard InChI is InChI=1S/C17H16N2S/c18-13-20-17(15-9-5-2-6-10-15)16-12-19(16)11-14-7-3-1-4-8-14/h1-10,16-17H,11-12H2/t16-,17+,19?/m1/s1. The highest BCUT2D eigenvalue weighted by Crippen LogP contribution is 2.41. The van der Waals surface area contributed by atoms with E-state index in [-0.39, 0.29) is 5.25 Å². The Hall–Kier alpha value is -1.76. The van der Waals surface area contributed by atoms with E-state index in [1.165, 1.54) is 22.9 Å². The number of rotatable bonds is 5. The molecule has 3 atom stereocenters. The van der Waals surface area contributed by atoms with E-state index >= 15 is 0 Å². The molecule has 2 aromatic carbocycles. The summed E-state index contributed by atoms with van der Waals surface area (Å²) in [6, 6.07) is 21.3. The van der Waals surface area contributed by atoms with Crippen LogP contribution in [0.1, 0.15) is 16.4 Å². The van der Waals surface area contributed by atoms with E-state index in [9.17, 15) is 0 Å². The zero-order valence-electron chi connectivity index (χ0n) is 11.1. The van der Waals surface area contributed by atoms with Crippen molar-refractivity contribution in [1.29, 1.82) is 5.26 Å². The van der Waals surface area contributed by atoms with Gasteiger partial charge in [-0.25, -0.2) is 0 Å². The highest BCUT2D eigenvalue weighted by atomic mass is 32.2. The van der Waals surface area contributed by atoms with Crippen LogP contribution < -0.4 is 0 Å². The van der Waals surface area contributed by atoms with E-state index in [1.807, 2.05) is 24.3 Å². The van der Waals surface area contributed by atoms with Crippen LogP contribution in [-0.4, -0.2) is 17.5 Å². The van der Waals surface area contributed by atoms with Gasteiger partial charge in [0.15, 0.2) is 0 Å².